The summed E-state index contributed by atoms with van der Waals surface area (Å²) in [5, 5.41) is 7.09. The minimum Gasteiger partial charge on any atom is -0.373 e. The van der Waals surface area contributed by atoms with Gasteiger partial charge in [0.15, 0.2) is 0 Å². The van der Waals surface area contributed by atoms with Gasteiger partial charge < -0.3 is 10.1 Å². The molecule has 1 heterocycles. The Morgan fingerprint density at radius 1 is 1.45 bits per heavy atom. The minimum absolute atomic E-state index is 0.123. The molecule has 0 bridgehead atoms. The third kappa shape index (κ3) is 4.75. The lowest BCUT2D eigenvalue weighted by atomic mass is 10.2. The van der Waals surface area contributed by atoms with E-state index in [4.69, 9.17) is 4.74 Å². The Labute approximate surface area is 115 Å². The summed E-state index contributed by atoms with van der Waals surface area (Å²) in [7, 11) is 1.71. The molecule has 0 spiro atoms. The van der Waals surface area contributed by atoms with Gasteiger partial charge in [-0.3, -0.25) is 4.68 Å². The van der Waals surface area contributed by atoms with Crippen LogP contribution in [-0.4, -0.2) is 41.9 Å². The van der Waals surface area contributed by atoms with Crippen LogP contribution < -0.4 is 5.32 Å². The highest BCUT2D eigenvalue weighted by molar-refractivity contribution is 5.06. The fourth-order valence-corrected chi connectivity index (χ4v) is 1.67. The van der Waals surface area contributed by atoms with Gasteiger partial charge in [0.25, 0.3) is 0 Å². The normalized spacial score (nSPS) is 13.9. The molecular formula is C12H19F4N3O. The van der Waals surface area contributed by atoms with Crippen LogP contribution in [0, 0.1) is 0 Å². The summed E-state index contributed by atoms with van der Waals surface area (Å²) in [6, 6.07) is 1.36. The molecule has 1 N–H and O–H groups in total. The van der Waals surface area contributed by atoms with Gasteiger partial charge in [-0.2, -0.15) is 13.9 Å². The van der Waals surface area contributed by atoms with Crippen molar-refractivity contribution >= 4 is 0 Å². The lowest BCUT2D eigenvalue weighted by Gasteiger charge is -2.21. The van der Waals surface area contributed by atoms with E-state index in [0.29, 0.717) is 6.54 Å². The van der Waals surface area contributed by atoms with E-state index in [0.717, 1.165) is 12.1 Å². The lowest BCUT2D eigenvalue weighted by molar-refractivity contribution is -0.167. The Kier molecular flexibility index (Phi) is 6.41. The SMILES string of the molecule is CCCNC(COCC(F)(F)C(F)F)c1ccnn1C. The molecule has 0 saturated heterocycles. The van der Waals surface area contributed by atoms with Crippen molar-refractivity contribution in [2.45, 2.75) is 31.7 Å². The van der Waals surface area contributed by atoms with E-state index in [2.05, 4.69) is 10.4 Å². The molecule has 0 fully saturated rings. The largest absolute Gasteiger partial charge is 0.373 e. The predicted octanol–water partition coefficient (Wildman–Crippen LogP) is 2.38. The van der Waals surface area contributed by atoms with Crippen molar-refractivity contribution in [1.82, 2.24) is 15.1 Å². The van der Waals surface area contributed by atoms with Crippen LogP contribution in [0.25, 0.3) is 0 Å². The summed E-state index contributed by atoms with van der Waals surface area (Å²) < 4.78 is 55.9. The number of halogens is 4. The molecule has 4 nitrogen and oxygen atoms in total. The van der Waals surface area contributed by atoms with Gasteiger partial charge in [-0.15, -0.1) is 0 Å². The average Bonchev–Trinajstić information content (AvgIpc) is 2.79. The molecular weight excluding hydrogens is 278 g/mol. The number of alkyl halides is 4. The van der Waals surface area contributed by atoms with Gasteiger partial charge in [-0.05, 0) is 19.0 Å². The van der Waals surface area contributed by atoms with Crippen molar-refractivity contribution in [3.8, 4) is 0 Å². The maximum absolute atomic E-state index is 12.8. The third-order valence-electron chi connectivity index (χ3n) is 2.75. The van der Waals surface area contributed by atoms with Gasteiger partial charge in [0.05, 0.1) is 18.3 Å². The zero-order valence-corrected chi connectivity index (χ0v) is 11.5. The van der Waals surface area contributed by atoms with E-state index < -0.39 is 19.0 Å². The van der Waals surface area contributed by atoms with Crippen molar-refractivity contribution in [3.05, 3.63) is 18.0 Å². The van der Waals surface area contributed by atoms with Gasteiger partial charge in [0.1, 0.15) is 6.61 Å². The second kappa shape index (κ2) is 7.58. The molecule has 1 rings (SSSR count). The van der Waals surface area contributed by atoms with Crippen LogP contribution in [0.4, 0.5) is 17.6 Å². The number of aromatic nitrogens is 2. The number of ether oxygens (including phenoxy) is 1. The monoisotopic (exact) mass is 297 g/mol. The van der Waals surface area contributed by atoms with E-state index >= 15 is 0 Å². The van der Waals surface area contributed by atoms with E-state index in [1.807, 2.05) is 6.92 Å². The molecule has 0 aromatic carbocycles. The molecule has 0 saturated carbocycles. The average molecular weight is 297 g/mol. The maximum atomic E-state index is 12.8. The summed E-state index contributed by atoms with van der Waals surface area (Å²) >= 11 is 0. The molecule has 1 aromatic rings. The summed E-state index contributed by atoms with van der Waals surface area (Å²) in [4.78, 5) is 0. The zero-order valence-electron chi connectivity index (χ0n) is 11.5. The van der Waals surface area contributed by atoms with E-state index in [9.17, 15) is 17.6 Å². The van der Waals surface area contributed by atoms with Crippen LogP contribution >= 0.6 is 0 Å². The molecule has 1 atom stereocenters. The topological polar surface area (TPSA) is 39.1 Å². The van der Waals surface area contributed by atoms with Crippen LogP contribution in [0.1, 0.15) is 25.1 Å². The van der Waals surface area contributed by atoms with Crippen LogP contribution in [0.2, 0.25) is 0 Å². The Morgan fingerprint density at radius 3 is 2.65 bits per heavy atom. The number of nitrogens with zero attached hydrogens (tertiary/aromatic N) is 2. The molecule has 116 valence electrons. The van der Waals surface area contributed by atoms with Gasteiger partial charge in [0, 0.05) is 13.2 Å². The van der Waals surface area contributed by atoms with Crippen LogP contribution in [0.3, 0.4) is 0 Å². The highest BCUT2D eigenvalue weighted by Gasteiger charge is 2.41. The van der Waals surface area contributed by atoms with Gasteiger partial charge in [-0.1, -0.05) is 6.92 Å². The first-order chi connectivity index (χ1) is 9.38. The Bertz CT molecular complexity index is 398. The Balaban J connectivity index is 2.56. The first-order valence-corrected chi connectivity index (χ1v) is 6.33. The second-order valence-electron chi connectivity index (χ2n) is 4.46. The maximum Gasteiger partial charge on any atom is 0.330 e. The number of hydrogen-bond acceptors (Lipinski definition) is 3. The fraction of sp³-hybridized carbons (Fsp3) is 0.750. The van der Waals surface area contributed by atoms with E-state index in [1.165, 1.54) is 0 Å². The molecule has 0 aliphatic carbocycles. The highest BCUT2D eigenvalue weighted by Crippen LogP contribution is 2.23. The van der Waals surface area contributed by atoms with Crippen molar-refractivity contribution in [2.24, 2.45) is 7.05 Å². The quantitative estimate of drug-likeness (QED) is 0.711. The molecule has 20 heavy (non-hydrogen) atoms. The van der Waals surface area contributed by atoms with E-state index in [1.54, 1.807) is 24.0 Å². The lowest BCUT2D eigenvalue weighted by Crippen LogP contribution is -2.35. The van der Waals surface area contributed by atoms with Crippen LogP contribution in [0.15, 0.2) is 12.3 Å². The van der Waals surface area contributed by atoms with Crippen molar-refractivity contribution in [2.75, 3.05) is 19.8 Å². The summed E-state index contributed by atoms with van der Waals surface area (Å²) in [6.45, 7) is 1.19. The van der Waals surface area contributed by atoms with Crippen LogP contribution in [-0.2, 0) is 11.8 Å². The zero-order chi connectivity index (χ0) is 15.2. The summed E-state index contributed by atoms with van der Waals surface area (Å²) in [5.41, 5.74) is 0.749. The molecule has 0 radical (unpaired) electrons. The number of hydrogen-bond donors (Lipinski definition) is 1. The standard InChI is InChI=1S/C12H19F4N3O/c1-3-5-17-9(10-4-6-18-19(10)2)7-20-8-12(15,16)11(13)14/h4,6,9,11,17H,3,5,7-8H2,1-2H3. The summed E-state index contributed by atoms with van der Waals surface area (Å²) in [5.74, 6) is -4.12. The van der Waals surface area contributed by atoms with Gasteiger partial charge >= 0.3 is 12.3 Å². The van der Waals surface area contributed by atoms with E-state index in [-0.39, 0.29) is 12.6 Å². The molecule has 1 aromatic heterocycles. The van der Waals surface area contributed by atoms with Crippen molar-refractivity contribution in [1.29, 1.82) is 0 Å². The third-order valence-corrected chi connectivity index (χ3v) is 2.75. The predicted molar refractivity (Wildman–Crippen MR) is 66.0 cm³/mol. The van der Waals surface area contributed by atoms with Crippen molar-refractivity contribution in [3.63, 3.8) is 0 Å². The smallest absolute Gasteiger partial charge is 0.330 e. The summed E-state index contributed by atoms with van der Waals surface area (Å²) in [6.07, 6.45) is -1.30. The van der Waals surface area contributed by atoms with Crippen molar-refractivity contribution < 1.29 is 22.3 Å². The molecule has 0 aliphatic heterocycles. The number of rotatable bonds is 9. The minimum atomic E-state index is -4.12. The Morgan fingerprint density at radius 2 is 2.15 bits per heavy atom. The molecule has 0 amide bonds. The number of nitrogens with one attached hydrogen (secondary N) is 1. The van der Waals surface area contributed by atoms with Crippen LogP contribution in [0.5, 0.6) is 0 Å². The fourth-order valence-electron chi connectivity index (χ4n) is 1.67. The molecule has 0 aliphatic rings. The number of aryl methyl sites for hydroxylation is 1. The molecule has 1 unspecified atom stereocenters. The van der Waals surface area contributed by atoms with Gasteiger partial charge in [0.2, 0.25) is 0 Å². The highest BCUT2D eigenvalue weighted by atomic mass is 19.3. The second-order valence-corrected chi connectivity index (χ2v) is 4.46. The Hall–Kier alpha value is -1.15. The molecule has 8 heteroatoms. The van der Waals surface area contributed by atoms with Gasteiger partial charge in [-0.25, -0.2) is 8.78 Å². The first kappa shape index (κ1) is 16.9. The first-order valence-electron chi connectivity index (χ1n) is 6.33.